The average Bonchev–Trinajstić information content (AvgIpc) is 2.48. The molecule has 0 saturated heterocycles. The Morgan fingerprint density at radius 2 is 1.80 bits per heavy atom. The molecular weight excluding hydrogens is 314 g/mol. The maximum absolute atomic E-state index is 5.73. The van der Waals surface area contributed by atoms with E-state index >= 15 is 0 Å². The number of likely N-dealkylation sites (N-methyl/N-ethyl adjacent to an activating group) is 1. The van der Waals surface area contributed by atoms with Crippen LogP contribution in [0.5, 0.6) is 5.75 Å². The van der Waals surface area contributed by atoms with E-state index in [0.29, 0.717) is 6.61 Å². The Balaban J connectivity index is 2.21. The van der Waals surface area contributed by atoms with Crippen molar-refractivity contribution < 1.29 is 4.74 Å². The highest BCUT2D eigenvalue weighted by Crippen LogP contribution is 2.27. The van der Waals surface area contributed by atoms with Gasteiger partial charge in [-0.15, -0.1) is 0 Å². The first-order valence-corrected chi connectivity index (χ1v) is 7.67. The first kappa shape index (κ1) is 15.1. The highest BCUT2D eigenvalue weighted by Gasteiger charge is 2.14. The summed E-state index contributed by atoms with van der Waals surface area (Å²) in [7, 11) is 1.99. The fourth-order valence-corrected chi connectivity index (χ4v) is 2.54. The van der Waals surface area contributed by atoms with Crippen LogP contribution in [0.25, 0.3) is 0 Å². The molecule has 0 aliphatic carbocycles. The monoisotopic (exact) mass is 333 g/mol. The van der Waals surface area contributed by atoms with Gasteiger partial charge in [0, 0.05) is 16.1 Å². The van der Waals surface area contributed by atoms with Gasteiger partial charge in [0.2, 0.25) is 0 Å². The van der Waals surface area contributed by atoms with E-state index in [1.54, 1.807) is 0 Å². The van der Waals surface area contributed by atoms with E-state index < -0.39 is 0 Å². The lowest BCUT2D eigenvalue weighted by Crippen LogP contribution is -2.19. The molecule has 2 nitrogen and oxygen atoms in total. The molecule has 1 N–H and O–H groups in total. The van der Waals surface area contributed by atoms with Gasteiger partial charge in [0.1, 0.15) is 5.75 Å². The Morgan fingerprint density at radius 1 is 1.10 bits per heavy atom. The first-order valence-electron chi connectivity index (χ1n) is 6.88. The number of benzene rings is 2. The van der Waals surface area contributed by atoms with Crippen molar-refractivity contribution >= 4 is 15.9 Å². The van der Waals surface area contributed by atoms with Crippen LogP contribution >= 0.6 is 15.9 Å². The molecule has 0 bridgehead atoms. The zero-order valence-corrected chi connectivity index (χ0v) is 13.5. The number of para-hydroxylation sites is 1. The van der Waals surface area contributed by atoms with Gasteiger partial charge in [-0.25, -0.2) is 0 Å². The van der Waals surface area contributed by atoms with Crippen molar-refractivity contribution in [3.8, 4) is 5.75 Å². The zero-order chi connectivity index (χ0) is 14.4. The molecule has 2 aromatic carbocycles. The second kappa shape index (κ2) is 7.46. The molecule has 3 heteroatoms. The zero-order valence-electron chi connectivity index (χ0n) is 11.9. The molecule has 0 heterocycles. The van der Waals surface area contributed by atoms with Crippen molar-refractivity contribution in [2.45, 2.75) is 19.4 Å². The molecule has 20 heavy (non-hydrogen) atoms. The minimum atomic E-state index is 0.249. The Morgan fingerprint density at radius 3 is 2.45 bits per heavy atom. The van der Waals surface area contributed by atoms with Gasteiger partial charge < -0.3 is 10.1 Å². The predicted molar refractivity (Wildman–Crippen MR) is 87.3 cm³/mol. The van der Waals surface area contributed by atoms with Crippen molar-refractivity contribution in [2.75, 3.05) is 13.7 Å². The summed E-state index contributed by atoms with van der Waals surface area (Å²) in [6, 6.07) is 16.9. The van der Waals surface area contributed by atoms with Crippen LogP contribution in [0.15, 0.2) is 53.0 Å². The SMILES string of the molecule is CCOc1ccccc1C(Cc1ccc(Br)cc1)NC. The van der Waals surface area contributed by atoms with Gasteiger partial charge in [0.15, 0.2) is 0 Å². The second-order valence-corrected chi connectivity index (χ2v) is 5.56. The fourth-order valence-electron chi connectivity index (χ4n) is 2.28. The Hall–Kier alpha value is -1.32. The van der Waals surface area contributed by atoms with Gasteiger partial charge in [0.25, 0.3) is 0 Å². The quantitative estimate of drug-likeness (QED) is 0.848. The third-order valence-electron chi connectivity index (χ3n) is 3.30. The Kier molecular flexibility index (Phi) is 5.62. The molecule has 1 atom stereocenters. The van der Waals surface area contributed by atoms with Crippen LogP contribution in [-0.2, 0) is 6.42 Å². The summed E-state index contributed by atoms with van der Waals surface area (Å²) in [5.41, 5.74) is 2.51. The smallest absolute Gasteiger partial charge is 0.124 e. The van der Waals surface area contributed by atoms with Gasteiger partial charge in [-0.05, 0) is 44.2 Å². The normalized spacial score (nSPS) is 12.2. The lowest BCUT2D eigenvalue weighted by Gasteiger charge is -2.20. The molecule has 0 amide bonds. The van der Waals surface area contributed by atoms with Gasteiger partial charge in [-0.3, -0.25) is 0 Å². The predicted octanol–water partition coefficient (Wildman–Crippen LogP) is 4.35. The lowest BCUT2D eigenvalue weighted by molar-refractivity contribution is 0.332. The van der Waals surface area contributed by atoms with Gasteiger partial charge >= 0.3 is 0 Å². The molecule has 0 saturated carbocycles. The number of rotatable bonds is 6. The van der Waals surface area contributed by atoms with Crippen molar-refractivity contribution in [1.29, 1.82) is 0 Å². The molecule has 0 aliphatic rings. The summed E-state index contributed by atoms with van der Waals surface area (Å²) in [5.74, 6) is 0.964. The van der Waals surface area contributed by atoms with Crippen LogP contribution in [-0.4, -0.2) is 13.7 Å². The Labute approximate surface area is 129 Å². The third kappa shape index (κ3) is 3.84. The number of ether oxygens (including phenoxy) is 1. The molecule has 2 rings (SSSR count). The highest BCUT2D eigenvalue weighted by atomic mass is 79.9. The van der Waals surface area contributed by atoms with Crippen LogP contribution in [0.4, 0.5) is 0 Å². The Bertz CT molecular complexity index is 539. The average molecular weight is 334 g/mol. The number of hydrogen-bond acceptors (Lipinski definition) is 2. The van der Waals surface area contributed by atoms with Crippen molar-refractivity contribution in [3.05, 3.63) is 64.1 Å². The minimum Gasteiger partial charge on any atom is -0.494 e. The van der Waals surface area contributed by atoms with Crippen LogP contribution in [0.1, 0.15) is 24.1 Å². The van der Waals surface area contributed by atoms with Gasteiger partial charge in [-0.2, -0.15) is 0 Å². The van der Waals surface area contributed by atoms with Crippen LogP contribution < -0.4 is 10.1 Å². The topological polar surface area (TPSA) is 21.3 Å². The molecule has 0 spiro atoms. The maximum atomic E-state index is 5.73. The molecule has 0 aliphatic heterocycles. The number of nitrogens with one attached hydrogen (secondary N) is 1. The van der Waals surface area contributed by atoms with Crippen LogP contribution in [0, 0.1) is 0 Å². The molecular formula is C17H20BrNO. The van der Waals surface area contributed by atoms with Crippen LogP contribution in [0.2, 0.25) is 0 Å². The summed E-state index contributed by atoms with van der Waals surface area (Å²) in [6.07, 6.45) is 0.938. The second-order valence-electron chi connectivity index (χ2n) is 4.64. The summed E-state index contributed by atoms with van der Waals surface area (Å²) < 4.78 is 6.84. The van der Waals surface area contributed by atoms with E-state index in [1.807, 2.05) is 26.1 Å². The van der Waals surface area contributed by atoms with Crippen LogP contribution in [0.3, 0.4) is 0 Å². The fraction of sp³-hybridized carbons (Fsp3) is 0.294. The number of halogens is 1. The molecule has 2 aromatic rings. The van der Waals surface area contributed by atoms with E-state index in [-0.39, 0.29) is 6.04 Å². The molecule has 106 valence electrons. The summed E-state index contributed by atoms with van der Waals surface area (Å²) in [5, 5.41) is 3.39. The van der Waals surface area contributed by atoms with E-state index in [4.69, 9.17) is 4.74 Å². The molecule has 0 aromatic heterocycles. The lowest BCUT2D eigenvalue weighted by atomic mass is 9.98. The van der Waals surface area contributed by atoms with Gasteiger partial charge in [-0.1, -0.05) is 46.3 Å². The standard InChI is InChI=1S/C17H20BrNO/c1-3-20-17-7-5-4-6-15(17)16(19-2)12-13-8-10-14(18)11-9-13/h4-11,16,19H,3,12H2,1-2H3. The summed E-state index contributed by atoms with van der Waals surface area (Å²) in [6.45, 7) is 2.70. The van der Waals surface area contributed by atoms with Crippen molar-refractivity contribution in [3.63, 3.8) is 0 Å². The molecule has 0 radical (unpaired) electrons. The first-order chi connectivity index (χ1) is 9.74. The maximum Gasteiger partial charge on any atom is 0.124 e. The van der Waals surface area contributed by atoms with E-state index in [9.17, 15) is 0 Å². The third-order valence-corrected chi connectivity index (χ3v) is 3.82. The van der Waals surface area contributed by atoms with Crippen molar-refractivity contribution in [1.82, 2.24) is 5.32 Å². The van der Waals surface area contributed by atoms with Crippen molar-refractivity contribution in [2.24, 2.45) is 0 Å². The number of hydrogen-bond donors (Lipinski definition) is 1. The minimum absolute atomic E-state index is 0.249. The van der Waals surface area contributed by atoms with E-state index in [2.05, 4.69) is 57.6 Å². The molecule has 0 fully saturated rings. The largest absolute Gasteiger partial charge is 0.494 e. The summed E-state index contributed by atoms with van der Waals surface area (Å²) >= 11 is 3.47. The van der Waals surface area contributed by atoms with E-state index in [0.717, 1.165) is 16.6 Å². The highest BCUT2D eigenvalue weighted by molar-refractivity contribution is 9.10. The summed E-state index contributed by atoms with van der Waals surface area (Å²) in [4.78, 5) is 0. The molecule has 1 unspecified atom stereocenters. The van der Waals surface area contributed by atoms with Gasteiger partial charge in [0.05, 0.1) is 6.61 Å². The van der Waals surface area contributed by atoms with E-state index in [1.165, 1.54) is 11.1 Å².